The third-order valence-electron chi connectivity index (χ3n) is 2.36. The Labute approximate surface area is 86.2 Å². The Balaban J connectivity index is 2.29. The molecule has 0 bridgehead atoms. The highest BCUT2D eigenvalue weighted by Crippen LogP contribution is 2.34. The predicted octanol–water partition coefficient (Wildman–Crippen LogP) is 0.773. The maximum absolute atomic E-state index is 9.38. The zero-order valence-electron chi connectivity index (χ0n) is 7.60. The third kappa shape index (κ3) is 1.43. The molecule has 0 aliphatic carbocycles. The van der Waals surface area contributed by atoms with Gasteiger partial charge in [-0.1, -0.05) is 0 Å². The summed E-state index contributed by atoms with van der Waals surface area (Å²) in [6, 6.07) is 2.10. The van der Waals surface area contributed by atoms with Crippen molar-refractivity contribution in [2.45, 2.75) is 12.5 Å². The average Bonchev–Trinajstić information content (AvgIpc) is 2.71. The molecule has 1 aromatic heterocycles. The molecule has 1 atom stereocenters. The summed E-state index contributed by atoms with van der Waals surface area (Å²) < 4.78 is 0. The number of hydrogen-bond acceptors (Lipinski definition) is 5. The van der Waals surface area contributed by atoms with Gasteiger partial charge in [-0.25, -0.2) is 0 Å². The smallest absolute Gasteiger partial charge is 0.111 e. The number of hydrogen-bond donors (Lipinski definition) is 2. The maximum Gasteiger partial charge on any atom is 0.111 e. The van der Waals surface area contributed by atoms with Crippen LogP contribution in [0, 0.1) is 11.3 Å². The van der Waals surface area contributed by atoms with Crippen LogP contribution in [0.25, 0.3) is 0 Å². The molecule has 0 spiro atoms. The van der Waals surface area contributed by atoms with E-state index in [0.29, 0.717) is 17.8 Å². The normalized spacial score (nSPS) is 21.1. The largest absolute Gasteiger partial charge is 0.397 e. The van der Waals surface area contributed by atoms with Gasteiger partial charge in [-0.3, -0.25) is 0 Å². The molecular weight excluding hydrogens is 198 g/mol. The van der Waals surface area contributed by atoms with E-state index >= 15 is 0 Å². The quantitative estimate of drug-likeness (QED) is 0.716. The number of anilines is 2. The van der Waals surface area contributed by atoms with Gasteiger partial charge in [0.25, 0.3) is 0 Å². The molecule has 1 aliphatic heterocycles. The Morgan fingerprint density at radius 3 is 3.07 bits per heavy atom. The van der Waals surface area contributed by atoms with Crippen LogP contribution in [0.5, 0.6) is 0 Å². The number of nitrogen functional groups attached to an aromatic ring is 1. The highest BCUT2D eigenvalue weighted by Gasteiger charge is 2.24. The zero-order valence-corrected chi connectivity index (χ0v) is 8.42. The summed E-state index contributed by atoms with van der Waals surface area (Å²) >= 11 is 1.47. The van der Waals surface area contributed by atoms with E-state index in [0.717, 1.165) is 18.0 Å². The van der Waals surface area contributed by atoms with Gasteiger partial charge >= 0.3 is 0 Å². The molecule has 0 saturated carbocycles. The lowest BCUT2D eigenvalue weighted by Gasteiger charge is -2.15. The molecule has 0 amide bonds. The number of aliphatic hydroxyl groups is 1. The molecule has 74 valence electrons. The molecule has 1 fully saturated rings. The Morgan fingerprint density at radius 1 is 1.71 bits per heavy atom. The zero-order chi connectivity index (χ0) is 10.1. The lowest BCUT2D eigenvalue weighted by molar-refractivity contribution is 0.198. The molecule has 3 N–H and O–H groups in total. The Hall–Kier alpha value is -1.25. The first-order chi connectivity index (χ1) is 6.72. The lowest BCUT2D eigenvalue weighted by atomic mass is 10.3. The van der Waals surface area contributed by atoms with Crippen LogP contribution in [0.2, 0.25) is 0 Å². The van der Waals surface area contributed by atoms with Crippen LogP contribution in [0.15, 0.2) is 5.38 Å². The molecule has 0 aromatic carbocycles. The predicted molar refractivity (Wildman–Crippen MR) is 56.3 cm³/mol. The Morgan fingerprint density at radius 2 is 2.50 bits per heavy atom. The van der Waals surface area contributed by atoms with E-state index in [4.69, 9.17) is 11.0 Å². The topological polar surface area (TPSA) is 73.3 Å². The molecule has 1 unspecified atom stereocenters. The SMILES string of the molecule is N#Cc1c(N)csc1N1CCC(O)C1. The van der Waals surface area contributed by atoms with Crippen LogP contribution in [-0.4, -0.2) is 24.3 Å². The van der Waals surface area contributed by atoms with Gasteiger partial charge in [-0.05, 0) is 6.42 Å². The first kappa shape index (κ1) is 9.31. The fourth-order valence-corrected chi connectivity index (χ4v) is 2.58. The van der Waals surface area contributed by atoms with Crippen LogP contribution >= 0.6 is 11.3 Å². The van der Waals surface area contributed by atoms with E-state index in [1.807, 2.05) is 4.90 Å². The summed E-state index contributed by atoms with van der Waals surface area (Å²) in [6.07, 6.45) is 0.493. The average molecular weight is 209 g/mol. The van der Waals surface area contributed by atoms with E-state index in [2.05, 4.69) is 6.07 Å². The first-order valence-corrected chi connectivity index (χ1v) is 5.30. The molecule has 2 heterocycles. The second kappa shape index (κ2) is 3.48. The van der Waals surface area contributed by atoms with Crippen molar-refractivity contribution in [1.29, 1.82) is 5.26 Å². The molecule has 2 rings (SSSR count). The van der Waals surface area contributed by atoms with Crippen LogP contribution in [0.3, 0.4) is 0 Å². The van der Waals surface area contributed by atoms with Crippen molar-refractivity contribution in [2.24, 2.45) is 0 Å². The van der Waals surface area contributed by atoms with Gasteiger partial charge in [0.2, 0.25) is 0 Å². The third-order valence-corrected chi connectivity index (χ3v) is 3.42. The minimum Gasteiger partial charge on any atom is -0.397 e. The minimum absolute atomic E-state index is 0.273. The van der Waals surface area contributed by atoms with E-state index in [1.54, 1.807) is 5.38 Å². The van der Waals surface area contributed by atoms with Gasteiger partial charge < -0.3 is 15.7 Å². The fourth-order valence-electron chi connectivity index (χ4n) is 1.63. The number of nitrogens with zero attached hydrogens (tertiary/aromatic N) is 2. The Bertz CT molecular complexity index is 382. The summed E-state index contributed by atoms with van der Waals surface area (Å²) in [6.45, 7) is 1.41. The summed E-state index contributed by atoms with van der Waals surface area (Å²) in [5.41, 5.74) is 6.73. The van der Waals surface area contributed by atoms with Crippen molar-refractivity contribution in [2.75, 3.05) is 23.7 Å². The van der Waals surface area contributed by atoms with Gasteiger partial charge in [0.05, 0.1) is 11.8 Å². The number of β-amino-alcohol motifs (C(OH)–C–C–N with tert-alkyl or cyclic N) is 1. The van der Waals surface area contributed by atoms with Crippen molar-refractivity contribution in [3.05, 3.63) is 10.9 Å². The van der Waals surface area contributed by atoms with Crippen molar-refractivity contribution < 1.29 is 5.11 Å². The van der Waals surface area contributed by atoms with Gasteiger partial charge in [0.1, 0.15) is 16.6 Å². The maximum atomic E-state index is 9.38. The first-order valence-electron chi connectivity index (χ1n) is 4.42. The number of nitrogens with two attached hydrogens (primary N) is 1. The summed E-state index contributed by atoms with van der Waals surface area (Å²) in [5.74, 6) is 0. The molecule has 14 heavy (non-hydrogen) atoms. The number of aliphatic hydroxyl groups excluding tert-OH is 1. The van der Waals surface area contributed by atoms with Crippen LogP contribution in [-0.2, 0) is 0 Å². The fraction of sp³-hybridized carbons (Fsp3) is 0.444. The number of thiophene rings is 1. The van der Waals surface area contributed by atoms with Gasteiger partial charge in [0.15, 0.2) is 0 Å². The number of rotatable bonds is 1. The van der Waals surface area contributed by atoms with Crippen molar-refractivity contribution >= 4 is 22.0 Å². The van der Waals surface area contributed by atoms with E-state index in [-0.39, 0.29) is 6.10 Å². The monoisotopic (exact) mass is 209 g/mol. The molecule has 1 aliphatic rings. The molecule has 4 nitrogen and oxygen atoms in total. The van der Waals surface area contributed by atoms with Crippen LogP contribution in [0.4, 0.5) is 10.7 Å². The van der Waals surface area contributed by atoms with Crippen molar-refractivity contribution in [1.82, 2.24) is 0 Å². The molecular formula is C9H11N3OS. The second-order valence-electron chi connectivity index (χ2n) is 3.37. The Kier molecular flexibility index (Phi) is 2.32. The molecule has 0 radical (unpaired) electrons. The van der Waals surface area contributed by atoms with Crippen LogP contribution in [0.1, 0.15) is 12.0 Å². The van der Waals surface area contributed by atoms with E-state index in [1.165, 1.54) is 11.3 Å². The second-order valence-corrected chi connectivity index (χ2v) is 4.23. The number of nitriles is 1. The lowest BCUT2D eigenvalue weighted by Crippen LogP contribution is -2.20. The van der Waals surface area contributed by atoms with Crippen molar-refractivity contribution in [3.8, 4) is 6.07 Å². The standard InChI is InChI=1S/C9H11N3OS/c10-3-7-8(11)5-14-9(7)12-2-1-6(13)4-12/h5-6,13H,1-2,4,11H2. The molecule has 1 aromatic rings. The van der Waals surface area contributed by atoms with Gasteiger partial charge in [-0.2, -0.15) is 5.26 Å². The highest BCUT2D eigenvalue weighted by molar-refractivity contribution is 7.15. The highest BCUT2D eigenvalue weighted by atomic mass is 32.1. The summed E-state index contributed by atoms with van der Waals surface area (Å²) in [5, 5.41) is 20.9. The van der Waals surface area contributed by atoms with Gasteiger partial charge in [-0.15, -0.1) is 11.3 Å². The van der Waals surface area contributed by atoms with Crippen LogP contribution < -0.4 is 10.6 Å². The minimum atomic E-state index is -0.273. The van der Waals surface area contributed by atoms with Gasteiger partial charge in [0, 0.05) is 18.5 Å². The summed E-state index contributed by atoms with van der Waals surface area (Å²) in [4.78, 5) is 2.02. The summed E-state index contributed by atoms with van der Waals surface area (Å²) in [7, 11) is 0. The molecule has 5 heteroatoms. The van der Waals surface area contributed by atoms with Crippen molar-refractivity contribution in [3.63, 3.8) is 0 Å². The van der Waals surface area contributed by atoms with E-state index < -0.39 is 0 Å². The molecule has 1 saturated heterocycles. The van der Waals surface area contributed by atoms with E-state index in [9.17, 15) is 5.11 Å².